The molecule has 0 aromatic rings. The summed E-state index contributed by atoms with van der Waals surface area (Å²) in [6.45, 7) is 18.8. The zero-order chi connectivity index (χ0) is 27.1. The number of fused-ring (bicyclic) bond motifs is 5. The van der Waals surface area contributed by atoms with Crippen LogP contribution in [0.3, 0.4) is 0 Å². The van der Waals surface area contributed by atoms with Crippen LogP contribution in [0.4, 0.5) is 0 Å². The van der Waals surface area contributed by atoms with Crippen LogP contribution in [0.15, 0.2) is 11.6 Å². The fourth-order valence-electron chi connectivity index (χ4n) is 9.26. The Morgan fingerprint density at radius 1 is 0.892 bits per heavy atom. The summed E-state index contributed by atoms with van der Waals surface area (Å²) in [5, 5.41) is 10.2. The molecule has 216 valence electrons. The molecule has 0 saturated heterocycles. The molecule has 3 fully saturated rings. The van der Waals surface area contributed by atoms with Gasteiger partial charge in [0, 0.05) is 13.2 Å². The lowest BCUT2D eigenvalue weighted by Crippen LogP contribution is -2.50. The summed E-state index contributed by atoms with van der Waals surface area (Å²) in [5.74, 6) is 5.46. The van der Waals surface area contributed by atoms with Gasteiger partial charge in [-0.15, -0.1) is 0 Å². The zero-order valence-corrected chi connectivity index (χ0v) is 26.0. The van der Waals surface area contributed by atoms with Crippen molar-refractivity contribution in [1.82, 2.24) is 0 Å². The monoisotopic (exact) mass is 516 g/mol. The van der Waals surface area contributed by atoms with Gasteiger partial charge in [-0.2, -0.15) is 0 Å². The second-order valence-corrected chi connectivity index (χ2v) is 14.5. The van der Waals surface area contributed by atoms with E-state index >= 15 is 0 Å². The highest BCUT2D eigenvalue weighted by Crippen LogP contribution is 2.67. The normalized spacial score (nSPS) is 37.6. The number of aliphatic hydroxyl groups excluding tert-OH is 1. The first-order valence-corrected chi connectivity index (χ1v) is 16.6. The van der Waals surface area contributed by atoms with Crippen molar-refractivity contribution in [3.8, 4) is 0 Å². The molecule has 4 rings (SSSR count). The molecule has 4 aliphatic carbocycles. The number of aliphatic hydroxyl groups is 1. The lowest BCUT2D eigenvalue weighted by atomic mass is 9.47. The Balaban J connectivity index is 0.000000364. The van der Waals surface area contributed by atoms with Gasteiger partial charge in [0.05, 0.1) is 6.10 Å². The Bertz CT molecular complexity index is 691. The lowest BCUT2D eigenvalue weighted by molar-refractivity contribution is -0.0573. The maximum atomic E-state index is 10.2. The molecule has 0 radical (unpaired) electrons. The van der Waals surface area contributed by atoms with Crippen LogP contribution in [-0.2, 0) is 4.74 Å². The van der Waals surface area contributed by atoms with Crippen LogP contribution in [0.5, 0.6) is 0 Å². The van der Waals surface area contributed by atoms with E-state index in [-0.39, 0.29) is 6.10 Å². The van der Waals surface area contributed by atoms with Gasteiger partial charge < -0.3 is 9.84 Å². The second-order valence-electron chi connectivity index (χ2n) is 14.5. The first kappa shape index (κ1) is 31.2. The molecule has 3 saturated carbocycles. The van der Waals surface area contributed by atoms with Crippen LogP contribution in [0.1, 0.15) is 145 Å². The van der Waals surface area contributed by atoms with Gasteiger partial charge in [0.2, 0.25) is 0 Å². The minimum atomic E-state index is -0.0766. The topological polar surface area (TPSA) is 29.5 Å². The molecule has 1 N–H and O–H groups in total. The van der Waals surface area contributed by atoms with E-state index in [0.717, 1.165) is 61.6 Å². The molecule has 0 heterocycles. The molecule has 0 aromatic heterocycles. The number of hydrogen-bond donors (Lipinski definition) is 1. The van der Waals surface area contributed by atoms with Crippen molar-refractivity contribution in [2.75, 3.05) is 13.2 Å². The molecule has 0 aliphatic heterocycles. The number of unbranched alkanes of at least 4 members (excludes halogenated alkanes) is 2. The average molecular weight is 517 g/mol. The third-order valence-electron chi connectivity index (χ3n) is 11.6. The summed E-state index contributed by atoms with van der Waals surface area (Å²) >= 11 is 0. The first-order chi connectivity index (χ1) is 17.7. The van der Waals surface area contributed by atoms with Crippen molar-refractivity contribution >= 4 is 0 Å². The van der Waals surface area contributed by atoms with Crippen LogP contribution in [0, 0.1) is 46.3 Å². The molecule has 0 unspecified atom stereocenters. The molecule has 0 aromatic carbocycles. The third-order valence-corrected chi connectivity index (χ3v) is 11.6. The molecule has 4 aliphatic rings. The van der Waals surface area contributed by atoms with Gasteiger partial charge in [0.1, 0.15) is 0 Å². The smallest absolute Gasteiger partial charge is 0.0577 e. The summed E-state index contributed by atoms with van der Waals surface area (Å²) in [7, 11) is 0. The molecular formula is C35H64O2. The van der Waals surface area contributed by atoms with E-state index in [4.69, 9.17) is 4.74 Å². The van der Waals surface area contributed by atoms with Crippen LogP contribution in [0.2, 0.25) is 0 Å². The van der Waals surface area contributed by atoms with E-state index in [1.807, 2.05) is 0 Å². The maximum Gasteiger partial charge on any atom is 0.0577 e. The molecule has 2 heteroatoms. The minimum Gasteiger partial charge on any atom is -0.393 e. The molecule has 0 spiro atoms. The van der Waals surface area contributed by atoms with Gasteiger partial charge in [-0.05, 0) is 111 Å². The molecule has 0 bridgehead atoms. The van der Waals surface area contributed by atoms with Crippen molar-refractivity contribution in [3.63, 3.8) is 0 Å². The second kappa shape index (κ2) is 14.3. The number of hydrogen-bond acceptors (Lipinski definition) is 2. The highest BCUT2D eigenvalue weighted by molar-refractivity contribution is 5.25. The van der Waals surface area contributed by atoms with Crippen molar-refractivity contribution in [2.24, 2.45) is 46.3 Å². The molecule has 8 atom stereocenters. The quantitative estimate of drug-likeness (QED) is 0.219. The lowest BCUT2D eigenvalue weighted by Gasteiger charge is -2.58. The van der Waals surface area contributed by atoms with Gasteiger partial charge in [-0.25, -0.2) is 0 Å². The molecule has 37 heavy (non-hydrogen) atoms. The van der Waals surface area contributed by atoms with Gasteiger partial charge in [-0.1, -0.05) is 92.2 Å². The Morgan fingerprint density at radius 3 is 2.24 bits per heavy atom. The van der Waals surface area contributed by atoms with E-state index < -0.39 is 0 Å². The Hall–Kier alpha value is -0.340. The van der Waals surface area contributed by atoms with E-state index in [2.05, 4.69) is 54.5 Å². The first-order valence-electron chi connectivity index (χ1n) is 16.6. The van der Waals surface area contributed by atoms with Crippen molar-refractivity contribution in [2.45, 2.75) is 151 Å². The van der Waals surface area contributed by atoms with Crippen LogP contribution in [-0.4, -0.2) is 24.4 Å². The molecule has 2 nitrogen and oxygen atoms in total. The fourth-order valence-corrected chi connectivity index (χ4v) is 9.26. The highest BCUT2D eigenvalue weighted by atomic mass is 16.5. The predicted molar refractivity (Wildman–Crippen MR) is 160 cm³/mol. The summed E-state index contributed by atoms with van der Waals surface area (Å²) in [6, 6.07) is 0. The molecule has 0 amide bonds. The third kappa shape index (κ3) is 7.45. The maximum absolute atomic E-state index is 10.2. The van der Waals surface area contributed by atoms with Gasteiger partial charge >= 0.3 is 0 Å². The standard InChI is InChI=1S/C27H46O.C8H18O/c1-18(2)7-6-8-19(3)23-11-12-24-22-10-9-20-17-21(28)13-15-26(20,4)25(22)14-16-27(23,24)5;1-3-5-7-9-8-6-4-2/h9,18-19,21-25,28H,6-8,10-17H2,1-5H3;3-8H2,1-2H3/t19-,21+,22+,23-,24+,25+,26+,27-;/m1./s1. The van der Waals surface area contributed by atoms with E-state index in [1.165, 1.54) is 83.5 Å². The van der Waals surface area contributed by atoms with Gasteiger partial charge in [0.15, 0.2) is 0 Å². The number of allylic oxidation sites excluding steroid dienone is 1. The largest absolute Gasteiger partial charge is 0.393 e. The Labute approximate surface area is 231 Å². The highest BCUT2D eigenvalue weighted by Gasteiger charge is 2.59. The Kier molecular flexibility index (Phi) is 12.1. The number of rotatable bonds is 11. The average Bonchev–Trinajstić information content (AvgIpc) is 3.22. The Morgan fingerprint density at radius 2 is 1.59 bits per heavy atom. The molecular weight excluding hydrogens is 452 g/mol. The summed E-state index contributed by atoms with van der Waals surface area (Å²) < 4.78 is 5.31. The predicted octanol–water partition coefficient (Wildman–Crippen LogP) is 9.99. The van der Waals surface area contributed by atoms with Gasteiger partial charge in [0.25, 0.3) is 0 Å². The van der Waals surface area contributed by atoms with Crippen molar-refractivity contribution < 1.29 is 9.84 Å². The summed E-state index contributed by atoms with van der Waals surface area (Å²) in [4.78, 5) is 0. The van der Waals surface area contributed by atoms with Gasteiger partial charge in [-0.3, -0.25) is 0 Å². The van der Waals surface area contributed by atoms with Crippen molar-refractivity contribution in [1.29, 1.82) is 0 Å². The minimum absolute atomic E-state index is 0.0766. The zero-order valence-electron chi connectivity index (χ0n) is 26.0. The van der Waals surface area contributed by atoms with E-state index in [1.54, 1.807) is 5.57 Å². The number of ether oxygens (including phenoxy) is 1. The van der Waals surface area contributed by atoms with E-state index in [0.29, 0.717) is 10.8 Å². The fraction of sp³-hybridized carbons (Fsp3) is 0.943. The van der Waals surface area contributed by atoms with Crippen LogP contribution < -0.4 is 0 Å². The van der Waals surface area contributed by atoms with Crippen LogP contribution >= 0.6 is 0 Å². The SMILES string of the molecule is CC(C)CCC[C@@H](C)[C@H]1CC[C@H]2[C@@H]3CC=C4C[C@@H](O)CC[C@]4(C)[C@H]3CC[C@]12C.CCCCOCCCC. The van der Waals surface area contributed by atoms with E-state index in [9.17, 15) is 5.11 Å². The summed E-state index contributed by atoms with van der Waals surface area (Å²) in [6.07, 6.45) is 22.1. The van der Waals surface area contributed by atoms with Crippen molar-refractivity contribution in [3.05, 3.63) is 11.6 Å². The summed E-state index contributed by atoms with van der Waals surface area (Å²) in [5.41, 5.74) is 2.60. The van der Waals surface area contributed by atoms with Crippen LogP contribution in [0.25, 0.3) is 0 Å².